The van der Waals surface area contributed by atoms with Gasteiger partial charge in [0.2, 0.25) is 5.91 Å². The van der Waals surface area contributed by atoms with E-state index >= 15 is 0 Å². The van der Waals surface area contributed by atoms with Gasteiger partial charge in [-0.05, 0) is 29.1 Å². The zero-order valence-corrected chi connectivity index (χ0v) is 18.8. The van der Waals surface area contributed by atoms with Gasteiger partial charge in [0.25, 0.3) is 11.8 Å². The van der Waals surface area contributed by atoms with Crippen LogP contribution in [0.2, 0.25) is 0 Å². The molecule has 0 bridgehead atoms. The summed E-state index contributed by atoms with van der Waals surface area (Å²) >= 11 is 1.29. The number of rotatable bonds is 7. The Hall–Kier alpha value is -3.98. The van der Waals surface area contributed by atoms with E-state index in [4.69, 9.17) is 0 Å². The first-order valence-electron chi connectivity index (χ1n) is 10.4. The number of hydrogen-bond acceptors (Lipinski definition) is 5. The van der Waals surface area contributed by atoms with Crippen LogP contribution in [0, 0.1) is 0 Å². The van der Waals surface area contributed by atoms with Crippen LogP contribution in [0.5, 0.6) is 0 Å². The van der Waals surface area contributed by atoms with Crippen molar-refractivity contribution in [1.29, 1.82) is 0 Å². The van der Waals surface area contributed by atoms with Crippen LogP contribution >= 0.6 is 11.3 Å². The molecule has 0 aliphatic rings. The molecule has 0 aliphatic carbocycles. The normalized spacial score (nSPS) is 11.7. The Morgan fingerprint density at radius 2 is 1.73 bits per heavy atom. The van der Waals surface area contributed by atoms with Crippen LogP contribution in [0.3, 0.4) is 0 Å². The second-order valence-corrected chi connectivity index (χ2v) is 8.43. The zero-order chi connectivity index (χ0) is 23.2. The van der Waals surface area contributed by atoms with Crippen molar-refractivity contribution in [3.63, 3.8) is 0 Å². The van der Waals surface area contributed by atoms with E-state index in [0.29, 0.717) is 10.7 Å². The lowest BCUT2D eigenvalue weighted by atomic mass is 10.1. The number of carbonyl (C=O) groups excluding carboxylic acids is 3. The molecule has 9 heteroatoms. The highest BCUT2D eigenvalue weighted by atomic mass is 32.1. The van der Waals surface area contributed by atoms with Gasteiger partial charge in [-0.25, -0.2) is 4.98 Å². The van der Waals surface area contributed by atoms with Crippen LogP contribution in [0.1, 0.15) is 21.1 Å². The van der Waals surface area contributed by atoms with Crippen LogP contribution in [-0.2, 0) is 29.5 Å². The van der Waals surface area contributed by atoms with Gasteiger partial charge in [-0.3, -0.25) is 25.2 Å². The summed E-state index contributed by atoms with van der Waals surface area (Å²) in [6.45, 7) is 0. The predicted octanol–water partition coefficient (Wildman–Crippen LogP) is 2.37. The van der Waals surface area contributed by atoms with Gasteiger partial charge in [-0.2, -0.15) is 0 Å². The summed E-state index contributed by atoms with van der Waals surface area (Å²) in [4.78, 5) is 42.8. The van der Waals surface area contributed by atoms with Crippen molar-refractivity contribution in [2.24, 2.45) is 7.05 Å². The smallest absolute Gasteiger partial charge is 0.262 e. The van der Waals surface area contributed by atoms with Gasteiger partial charge in [0, 0.05) is 13.5 Å². The number of benzene rings is 2. The second-order valence-electron chi connectivity index (χ2n) is 7.48. The lowest BCUT2D eigenvalue weighted by Gasteiger charge is -2.18. The molecule has 4 aromatic rings. The predicted molar refractivity (Wildman–Crippen MR) is 126 cm³/mol. The monoisotopic (exact) mass is 461 g/mol. The van der Waals surface area contributed by atoms with Gasteiger partial charge in [-0.15, -0.1) is 11.3 Å². The number of para-hydroxylation sites is 2. The molecule has 1 unspecified atom stereocenters. The average molecular weight is 462 g/mol. The quantitative estimate of drug-likeness (QED) is 0.368. The number of thiophene rings is 1. The minimum atomic E-state index is -0.863. The number of aryl methyl sites for hydroxylation is 1. The molecule has 0 spiro atoms. The number of hydrogen-bond donors (Lipinski definition) is 3. The van der Waals surface area contributed by atoms with E-state index < -0.39 is 17.9 Å². The number of nitrogens with one attached hydrogen (secondary N) is 3. The lowest BCUT2D eigenvalue weighted by molar-refractivity contribution is -0.129. The Bertz CT molecular complexity index is 1270. The first kappa shape index (κ1) is 22.2. The number of aromatic nitrogens is 2. The van der Waals surface area contributed by atoms with Crippen molar-refractivity contribution in [2.45, 2.75) is 18.9 Å². The fourth-order valence-electron chi connectivity index (χ4n) is 3.46. The van der Waals surface area contributed by atoms with Crippen LogP contribution in [0.25, 0.3) is 11.0 Å². The fourth-order valence-corrected chi connectivity index (χ4v) is 4.08. The maximum absolute atomic E-state index is 12.9. The van der Waals surface area contributed by atoms with E-state index in [-0.39, 0.29) is 18.7 Å². The zero-order valence-electron chi connectivity index (χ0n) is 17.9. The van der Waals surface area contributed by atoms with E-state index in [1.165, 1.54) is 11.3 Å². The van der Waals surface area contributed by atoms with Crippen LogP contribution in [0.4, 0.5) is 0 Å². The number of amides is 3. The molecule has 33 heavy (non-hydrogen) atoms. The van der Waals surface area contributed by atoms with E-state index in [9.17, 15) is 14.4 Å². The standard InChI is InChI=1S/C24H23N5O3S/c1-29-19-11-6-5-10-17(19)25-21(29)15-22(30)27-28-23(31)18(14-16-8-3-2-4-9-16)26-24(32)20-12-7-13-33-20/h2-13,18H,14-15H2,1H3,(H,26,32)(H,27,30)(H,28,31). The van der Waals surface area contributed by atoms with Gasteiger partial charge in [0.15, 0.2) is 0 Å². The number of fused-ring (bicyclic) bond motifs is 1. The van der Waals surface area contributed by atoms with E-state index in [2.05, 4.69) is 21.2 Å². The maximum Gasteiger partial charge on any atom is 0.262 e. The Morgan fingerprint density at radius 3 is 2.45 bits per heavy atom. The number of imidazole rings is 1. The minimum absolute atomic E-state index is 0.00360. The first-order valence-corrected chi connectivity index (χ1v) is 11.3. The van der Waals surface area contributed by atoms with Crippen molar-refractivity contribution in [2.75, 3.05) is 0 Å². The van der Waals surface area contributed by atoms with Gasteiger partial charge >= 0.3 is 0 Å². The highest BCUT2D eigenvalue weighted by molar-refractivity contribution is 7.12. The first-order chi connectivity index (χ1) is 16.0. The molecule has 4 rings (SSSR count). The van der Waals surface area contributed by atoms with E-state index in [1.54, 1.807) is 17.5 Å². The molecule has 0 saturated carbocycles. The molecule has 0 fully saturated rings. The number of nitrogens with zero attached hydrogens (tertiary/aromatic N) is 2. The largest absolute Gasteiger partial charge is 0.339 e. The molecule has 8 nitrogen and oxygen atoms in total. The summed E-state index contributed by atoms with van der Waals surface area (Å²) < 4.78 is 1.84. The lowest BCUT2D eigenvalue weighted by Crippen LogP contribution is -2.53. The SMILES string of the molecule is Cn1c(CC(=O)NNC(=O)C(Cc2ccccc2)NC(=O)c2cccs2)nc2ccccc21. The molecule has 0 aliphatic heterocycles. The summed E-state index contributed by atoms with van der Waals surface area (Å²) in [6, 6.07) is 19.6. The fraction of sp³-hybridized carbons (Fsp3) is 0.167. The van der Waals surface area contributed by atoms with Crippen molar-refractivity contribution in [3.8, 4) is 0 Å². The van der Waals surface area contributed by atoms with Gasteiger partial charge in [0.05, 0.1) is 22.3 Å². The van der Waals surface area contributed by atoms with Crippen molar-refractivity contribution < 1.29 is 14.4 Å². The summed E-state index contributed by atoms with van der Waals surface area (Å²) in [7, 11) is 1.84. The minimum Gasteiger partial charge on any atom is -0.339 e. The average Bonchev–Trinajstić information content (AvgIpc) is 3.47. The van der Waals surface area contributed by atoms with E-state index in [1.807, 2.05) is 66.2 Å². The van der Waals surface area contributed by atoms with Gasteiger partial charge in [-0.1, -0.05) is 48.5 Å². The second kappa shape index (κ2) is 10.1. The molecule has 0 saturated heterocycles. The molecule has 2 aromatic carbocycles. The van der Waals surface area contributed by atoms with E-state index in [0.717, 1.165) is 16.6 Å². The van der Waals surface area contributed by atoms with Crippen molar-refractivity contribution in [3.05, 3.63) is 88.4 Å². The van der Waals surface area contributed by atoms with Crippen LogP contribution < -0.4 is 16.2 Å². The van der Waals surface area contributed by atoms with Crippen LogP contribution in [0.15, 0.2) is 72.1 Å². The number of carbonyl (C=O) groups is 3. The third-order valence-corrected chi connectivity index (χ3v) is 6.04. The molecule has 3 amide bonds. The molecule has 2 aromatic heterocycles. The Kier molecular flexibility index (Phi) is 6.80. The van der Waals surface area contributed by atoms with Crippen molar-refractivity contribution in [1.82, 2.24) is 25.7 Å². The summed E-state index contributed by atoms with van der Waals surface area (Å²) in [5, 5.41) is 4.55. The molecular formula is C24H23N5O3S. The van der Waals surface area contributed by atoms with Crippen molar-refractivity contribution >= 4 is 40.1 Å². The summed E-state index contributed by atoms with van der Waals surface area (Å²) in [6.07, 6.45) is 0.279. The Labute approximate surface area is 194 Å². The third-order valence-electron chi connectivity index (χ3n) is 5.17. The van der Waals surface area contributed by atoms with Crippen LogP contribution in [-0.4, -0.2) is 33.3 Å². The molecule has 2 heterocycles. The van der Waals surface area contributed by atoms with Gasteiger partial charge in [0.1, 0.15) is 11.9 Å². The Balaban J connectivity index is 1.40. The highest BCUT2D eigenvalue weighted by Crippen LogP contribution is 2.14. The summed E-state index contributed by atoms with van der Waals surface area (Å²) in [5.41, 5.74) is 7.48. The summed E-state index contributed by atoms with van der Waals surface area (Å²) in [5.74, 6) is -0.686. The maximum atomic E-state index is 12.9. The number of hydrazine groups is 1. The third kappa shape index (κ3) is 5.45. The topological polar surface area (TPSA) is 105 Å². The molecule has 1 atom stereocenters. The Morgan fingerprint density at radius 1 is 0.970 bits per heavy atom. The molecule has 168 valence electrons. The van der Waals surface area contributed by atoms with Gasteiger partial charge < -0.3 is 9.88 Å². The highest BCUT2D eigenvalue weighted by Gasteiger charge is 2.23. The molecule has 3 N–H and O–H groups in total. The molecular weight excluding hydrogens is 438 g/mol. The molecule has 0 radical (unpaired) electrons.